The highest BCUT2D eigenvalue weighted by atomic mass is 32.2. The fourth-order valence-electron chi connectivity index (χ4n) is 3.00. The number of sulfonamides is 1. The largest absolute Gasteiger partial charge is 0.480 e. The van der Waals surface area contributed by atoms with Crippen LogP contribution in [0.4, 0.5) is 5.69 Å². The van der Waals surface area contributed by atoms with Crippen molar-refractivity contribution in [3.8, 4) is 11.1 Å². The lowest BCUT2D eigenvalue weighted by Crippen LogP contribution is -2.43. The second kappa shape index (κ2) is 7.86. The van der Waals surface area contributed by atoms with Crippen LogP contribution in [0.1, 0.15) is 12.5 Å². The molecule has 0 aliphatic heterocycles. The first-order valence-corrected chi connectivity index (χ1v) is 10.2. The van der Waals surface area contributed by atoms with E-state index in [4.69, 9.17) is 0 Å². The monoisotopic (exact) mass is 395 g/mol. The summed E-state index contributed by atoms with van der Waals surface area (Å²) < 4.78 is 27.9. The number of hydrogen-bond donors (Lipinski definition) is 1. The van der Waals surface area contributed by atoms with E-state index in [0.29, 0.717) is 11.3 Å². The Morgan fingerprint density at radius 3 is 2.07 bits per heavy atom. The van der Waals surface area contributed by atoms with Crippen LogP contribution < -0.4 is 4.31 Å². The smallest absolute Gasteiger partial charge is 0.327 e. The quantitative estimate of drug-likeness (QED) is 0.674. The van der Waals surface area contributed by atoms with Gasteiger partial charge in [0.05, 0.1) is 10.6 Å². The molecule has 28 heavy (non-hydrogen) atoms. The van der Waals surface area contributed by atoms with E-state index >= 15 is 0 Å². The Balaban J connectivity index is 2.23. The maximum atomic E-state index is 13.4. The predicted molar refractivity (Wildman–Crippen MR) is 110 cm³/mol. The van der Waals surface area contributed by atoms with Crippen LogP contribution >= 0.6 is 0 Å². The molecule has 0 aromatic heterocycles. The number of nitrogens with zero attached hydrogens (tertiary/aromatic N) is 1. The molecule has 0 spiro atoms. The van der Waals surface area contributed by atoms with Gasteiger partial charge in [-0.2, -0.15) is 0 Å². The number of hydrogen-bond acceptors (Lipinski definition) is 3. The Hall–Kier alpha value is -3.12. The molecular weight excluding hydrogens is 374 g/mol. The second-order valence-electron chi connectivity index (χ2n) is 6.51. The van der Waals surface area contributed by atoms with Crippen LogP contribution in [0.3, 0.4) is 0 Å². The van der Waals surface area contributed by atoms with Crippen molar-refractivity contribution in [3.63, 3.8) is 0 Å². The van der Waals surface area contributed by atoms with Gasteiger partial charge < -0.3 is 5.11 Å². The van der Waals surface area contributed by atoms with E-state index in [1.807, 2.05) is 37.3 Å². The van der Waals surface area contributed by atoms with Crippen molar-refractivity contribution in [3.05, 3.63) is 84.4 Å². The molecule has 1 atom stereocenters. The van der Waals surface area contributed by atoms with Crippen molar-refractivity contribution in [1.29, 1.82) is 0 Å². The standard InChI is InChI=1S/C22H21NO4S/c1-16-12-14-19(15-13-16)28(26,27)23(17(2)22(24)25)21-11-7-6-10-20(21)18-8-4-3-5-9-18/h3-15,17H,1-2H3,(H,24,25)/t17-/m0/s1. The molecule has 0 heterocycles. The first-order valence-electron chi connectivity index (χ1n) is 8.80. The van der Waals surface area contributed by atoms with Gasteiger partial charge in [-0.3, -0.25) is 4.31 Å². The molecular formula is C22H21NO4S. The molecule has 5 nitrogen and oxygen atoms in total. The lowest BCUT2D eigenvalue weighted by molar-refractivity contribution is -0.137. The number of aryl methyl sites for hydroxylation is 1. The van der Waals surface area contributed by atoms with E-state index in [2.05, 4.69) is 0 Å². The highest BCUT2D eigenvalue weighted by molar-refractivity contribution is 7.93. The second-order valence-corrected chi connectivity index (χ2v) is 8.33. The van der Waals surface area contributed by atoms with Crippen molar-refractivity contribution in [2.75, 3.05) is 4.31 Å². The van der Waals surface area contributed by atoms with Crippen LogP contribution in [-0.2, 0) is 14.8 Å². The van der Waals surface area contributed by atoms with Gasteiger partial charge in [-0.15, -0.1) is 0 Å². The SMILES string of the molecule is Cc1ccc(S(=O)(=O)N(c2ccccc2-c2ccccc2)[C@@H](C)C(=O)O)cc1. The summed E-state index contributed by atoms with van der Waals surface area (Å²) in [4.78, 5) is 11.8. The average Bonchev–Trinajstić information content (AvgIpc) is 2.69. The highest BCUT2D eigenvalue weighted by Gasteiger charge is 2.34. The predicted octanol–water partition coefficient (Wildman–Crippen LogP) is 4.33. The highest BCUT2D eigenvalue weighted by Crippen LogP contribution is 2.35. The van der Waals surface area contributed by atoms with Gasteiger partial charge in [0.25, 0.3) is 10.0 Å². The molecule has 0 saturated heterocycles. The minimum atomic E-state index is -4.09. The Morgan fingerprint density at radius 1 is 0.893 bits per heavy atom. The van der Waals surface area contributed by atoms with Gasteiger partial charge in [-0.05, 0) is 37.6 Å². The van der Waals surface area contributed by atoms with E-state index in [1.54, 1.807) is 36.4 Å². The van der Waals surface area contributed by atoms with Crippen LogP contribution in [0.15, 0.2) is 83.8 Å². The topological polar surface area (TPSA) is 74.7 Å². The third-order valence-corrected chi connectivity index (χ3v) is 6.41. The van der Waals surface area contributed by atoms with E-state index < -0.39 is 22.0 Å². The summed E-state index contributed by atoms with van der Waals surface area (Å²) in [6.07, 6.45) is 0. The fraction of sp³-hybridized carbons (Fsp3) is 0.136. The van der Waals surface area contributed by atoms with Gasteiger partial charge in [0.1, 0.15) is 6.04 Å². The Bertz CT molecular complexity index is 1080. The summed E-state index contributed by atoms with van der Waals surface area (Å²) in [6, 6.07) is 21.3. The van der Waals surface area contributed by atoms with Crippen LogP contribution in [0.25, 0.3) is 11.1 Å². The Morgan fingerprint density at radius 2 is 1.46 bits per heavy atom. The number of rotatable bonds is 6. The van der Waals surface area contributed by atoms with Gasteiger partial charge in [-0.1, -0.05) is 66.2 Å². The zero-order valence-electron chi connectivity index (χ0n) is 15.6. The minimum Gasteiger partial charge on any atom is -0.480 e. The number of anilines is 1. The Kier molecular flexibility index (Phi) is 5.51. The first-order chi connectivity index (χ1) is 13.3. The zero-order chi connectivity index (χ0) is 20.3. The van der Waals surface area contributed by atoms with E-state index in [0.717, 1.165) is 15.4 Å². The molecule has 1 N–H and O–H groups in total. The number of para-hydroxylation sites is 1. The lowest BCUT2D eigenvalue weighted by atomic mass is 10.0. The molecule has 3 aromatic rings. The van der Waals surface area contributed by atoms with E-state index in [9.17, 15) is 18.3 Å². The molecule has 0 unspecified atom stereocenters. The van der Waals surface area contributed by atoms with Gasteiger partial charge in [0, 0.05) is 5.56 Å². The molecule has 3 rings (SSSR count). The van der Waals surface area contributed by atoms with E-state index in [-0.39, 0.29) is 4.90 Å². The normalized spacial score (nSPS) is 12.4. The summed E-state index contributed by atoms with van der Waals surface area (Å²) >= 11 is 0. The number of aliphatic carboxylic acids is 1. The van der Waals surface area contributed by atoms with Crippen LogP contribution in [0.5, 0.6) is 0 Å². The molecule has 144 valence electrons. The molecule has 0 saturated carbocycles. The molecule has 3 aromatic carbocycles. The lowest BCUT2D eigenvalue weighted by Gasteiger charge is -2.30. The summed E-state index contributed by atoms with van der Waals surface area (Å²) in [5.41, 5.74) is 2.69. The fourth-order valence-corrected chi connectivity index (χ4v) is 4.63. The first kappa shape index (κ1) is 19.6. The third-order valence-electron chi connectivity index (χ3n) is 4.51. The molecule has 6 heteroatoms. The van der Waals surface area contributed by atoms with Gasteiger partial charge in [0.2, 0.25) is 0 Å². The summed E-state index contributed by atoms with van der Waals surface area (Å²) in [6.45, 7) is 3.23. The maximum Gasteiger partial charge on any atom is 0.327 e. The zero-order valence-corrected chi connectivity index (χ0v) is 16.4. The summed E-state index contributed by atoms with van der Waals surface area (Å²) in [5, 5.41) is 9.62. The van der Waals surface area contributed by atoms with Crippen molar-refractivity contribution >= 4 is 21.7 Å². The summed E-state index contributed by atoms with van der Waals surface area (Å²) in [7, 11) is -4.09. The molecule has 0 radical (unpaired) electrons. The molecule has 0 fully saturated rings. The van der Waals surface area contributed by atoms with Crippen molar-refractivity contribution < 1.29 is 18.3 Å². The Labute approximate surface area is 164 Å². The molecule has 0 amide bonds. The summed E-state index contributed by atoms with van der Waals surface area (Å²) in [5.74, 6) is -1.22. The number of benzene rings is 3. The van der Waals surface area contributed by atoms with Crippen molar-refractivity contribution in [2.24, 2.45) is 0 Å². The van der Waals surface area contributed by atoms with Crippen LogP contribution in [0, 0.1) is 6.92 Å². The van der Waals surface area contributed by atoms with Gasteiger partial charge in [-0.25, -0.2) is 13.2 Å². The average molecular weight is 395 g/mol. The van der Waals surface area contributed by atoms with Crippen LogP contribution in [-0.4, -0.2) is 25.5 Å². The minimum absolute atomic E-state index is 0.0501. The molecule has 0 aliphatic rings. The van der Waals surface area contributed by atoms with Crippen molar-refractivity contribution in [1.82, 2.24) is 0 Å². The third kappa shape index (κ3) is 3.77. The maximum absolute atomic E-state index is 13.4. The number of carboxylic acid groups (broad SMARTS) is 1. The number of carbonyl (C=O) groups is 1. The van der Waals surface area contributed by atoms with Gasteiger partial charge >= 0.3 is 5.97 Å². The van der Waals surface area contributed by atoms with E-state index in [1.165, 1.54) is 19.1 Å². The van der Waals surface area contributed by atoms with Crippen LogP contribution in [0.2, 0.25) is 0 Å². The number of carboxylic acids is 1. The molecule has 0 bridgehead atoms. The van der Waals surface area contributed by atoms with Crippen molar-refractivity contribution in [2.45, 2.75) is 24.8 Å². The van der Waals surface area contributed by atoms with Gasteiger partial charge in [0.15, 0.2) is 0 Å². The molecule has 0 aliphatic carbocycles.